The van der Waals surface area contributed by atoms with Gasteiger partial charge in [-0.25, -0.2) is 0 Å². The van der Waals surface area contributed by atoms with Gasteiger partial charge in [0.2, 0.25) is 5.79 Å². The predicted molar refractivity (Wildman–Crippen MR) is 164 cm³/mol. The summed E-state index contributed by atoms with van der Waals surface area (Å²) >= 11 is 0. The van der Waals surface area contributed by atoms with Crippen LogP contribution in [-0.2, 0) is 35.9 Å². The van der Waals surface area contributed by atoms with Crippen molar-refractivity contribution in [3.05, 3.63) is 64.7 Å². The Morgan fingerprint density at radius 1 is 0.833 bits per heavy atom. The minimum atomic E-state index is -1.22. The molecule has 2 saturated heterocycles. The molecule has 0 aromatic heterocycles. The summed E-state index contributed by atoms with van der Waals surface area (Å²) < 4.78 is 38.9. The van der Waals surface area contributed by atoms with Crippen LogP contribution in [0.1, 0.15) is 88.5 Å². The van der Waals surface area contributed by atoms with E-state index >= 15 is 0 Å². The van der Waals surface area contributed by atoms with Crippen molar-refractivity contribution in [3.8, 4) is 5.75 Å². The third-order valence-electron chi connectivity index (χ3n) is 8.42. The van der Waals surface area contributed by atoms with Crippen molar-refractivity contribution in [1.82, 2.24) is 0 Å². The number of aliphatic hydroxyl groups is 1. The van der Waals surface area contributed by atoms with Gasteiger partial charge >= 0.3 is 0 Å². The second-order valence-corrected chi connectivity index (χ2v) is 11.7. The lowest BCUT2D eigenvalue weighted by molar-refractivity contribution is -0.349. The number of ether oxygens (including phenoxy) is 6. The van der Waals surface area contributed by atoms with Crippen LogP contribution >= 0.6 is 0 Å². The molecule has 2 aromatic carbocycles. The van der Waals surface area contributed by atoms with Crippen molar-refractivity contribution in [1.29, 1.82) is 0 Å². The van der Waals surface area contributed by atoms with E-state index in [1.807, 2.05) is 19.1 Å². The first-order valence-corrected chi connectivity index (χ1v) is 16.1. The van der Waals surface area contributed by atoms with Crippen LogP contribution in [-0.4, -0.2) is 68.7 Å². The van der Waals surface area contributed by atoms with E-state index in [9.17, 15) is 5.11 Å². The summed E-state index contributed by atoms with van der Waals surface area (Å²) in [6, 6.07) is 14.6. The van der Waals surface area contributed by atoms with Gasteiger partial charge in [0.25, 0.3) is 0 Å². The van der Waals surface area contributed by atoms with Crippen LogP contribution in [0.2, 0.25) is 0 Å². The highest BCUT2D eigenvalue weighted by Crippen LogP contribution is 2.52. The maximum absolute atomic E-state index is 10.8. The van der Waals surface area contributed by atoms with Gasteiger partial charge in [0.15, 0.2) is 0 Å². The number of aliphatic hydroxyl groups excluding tert-OH is 1. The molecule has 2 aliphatic heterocycles. The molecule has 2 heterocycles. The summed E-state index contributed by atoms with van der Waals surface area (Å²) in [4.78, 5) is 0. The molecular weight excluding hydrogens is 532 g/mol. The molecule has 0 aliphatic carbocycles. The summed E-state index contributed by atoms with van der Waals surface area (Å²) in [5.74, 6) is -0.350. The Bertz CT molecular complexity index is 1090. The SMILES string of the molecule is CCCCOC1[C@@H](OCCCC)[C@H](OCCCC)C2(CO)COC1(c1ccc(C)c(Cc3ccc(OCC)cc3)c1)O2. The van der Waals surface area contributed by atoms with E-state index in [0.29, 0.717) is 26.4 Å². The fourth-order valence-electron chi connectivity index (χ4n) is 5.89. The second kappa shape index (κ2) is 15.6. The Morgan fingerprint density at radius 3 is 2.10 bits per heavy atom. The molecule has 42 heavy (non-hydrogen) atoms. The fraction of sp³-hybridized carbons (Fsp3) is 0.657. The summed E-state index contributed by atoms with van der Waals surface area (Å²) in [5.41, 5.74) is 3.39. The summed E-state index contributed by atoms with van der Waals surface area (Å²) in [7, 11) is 0. The van der Waals surface area contributed by atoms with Crippen LogP contribution in [0.15, 0.2) is 42.5 Å². The molecule has 0 saturated carbocycles. The minimum absolute atomic E-state index is 0.198. The molecule has 4 rings (SSSR count). The maximum atomic E-state index is 10.8. The quantitative estimate of drug-likeness (QED) is 0.201. The number of hydrogen-bond donors (Lipinski definition) is 1. The first kappa shape index (κ1) is 32.9. The molecule has 2 aromatic rings. The third kappa shape index (κ3) is 7.20. The minimum Gasteiger partial charge on any atom is -0.494 e. The number of unbranched alkanes of at least 4 members (excludes halogenated alkanes) is 3. The van der Waals surface area contributed by atoms with Crippen molar-refractivity contribution >= 4 is 0 Å². The van der Waals surface area contributed by atoms with Gasteiger partial charge in [-0.05, 0) is 74.4 Å². The first-order valence-electron chi connectivity index (χ1n) is 16.1. The van der Waals surface area contributed by atoms with Gasteiger partial charge in [-0.1, -0.05) is 64.3 Å². The van der Waals surface area contributed by atoms with E-state index in [-0.39, 0.29) is 13.2 Å². The molecule has 2 aliphatic rings. The lowest BCUT2D eigenvalue weighted by atomic mass is 9.82. The van der Waals surface area contributed by atoms with Crippen molar-refractivity contribution in [2.45, 2.75) is 109 Å². The molecule has 7 heteroatoms. The van der Waals surface area contributed by atoms with Gasteiger partial charge in [-0.3, -0.25) is 0 Å². The van der Waals surface area contributed by atoms with E-state index in [2.05, 4.69) is 58.0 Å². The zero-order chi connectivity index (χ0) is 30.0. The second-order valence-electron chi connectivity index (χ2n) is 11.7. The lowest BCUT2D eigenvalue weighted by Crippen LogP contribution is -2.67. The average molecular weight is 585 g/mol. The van der Waals surface area contributed by atoms with Gasteiger partial charge in [-0.2, -0.15) is 0 Å². The smallest absolute Gasteiger partial charge is 0.225 e. The fourth-order valence-corrected chi connectivity index (χ4v) is 5.89. The monoisotopic (exact) mass is 584 g/mol. The Morgan fingerprint density at radius 2 is 1.48 bits per heavy atom. The van der Waals surface area contributed by atoms with Gasteiger partial charge in [0, 0.05) is 25.4 Å². The van der Waals surface area contributed by atoms with Crippen LogP contribution in [0.25, 0.3) is 0 Å². The summed E-state index contributed by atoms with van der Waals surface area (Å²) in [6.07, 6.45) is 5.03. The van der Waals surface area contributed by atoms with Crippen molar-refractivity contribution in [2.24, 2.45) is 0 Å². The van der Waals surface area contributed by atoms with E-state index < -0.39 is 29.7 Å². The lowest BCUT2D eigenvalue weighted by Gasteiger charge is -2.50. The highest BCUT2D eigenvalue weighted by molar-refractivity contribution is 5.40. The van der Waals surface area contributed by atoms with Crippen LogP contribution in [0.5, 0.6) is 5.75 Å². The van der Waals surface area contributed by atoms with Crippen LogP contribution in [0, 0.1) is 6.92 Å². The van der Waals surface area contributed by atoms with E-state index in [1.165, 1.54) is 16.7 Å². The normalized spacial score (nSPS) is 27.0. The number of rotatable bonds is 18. The van der Waals surface area contributed by atoms with Crippen molar-refractivity contribution < 1.29 is 33.5 Å². The predicted octanol–water partition coefficient (Wildman–Crippen LogP) is 6.48. The molecule has 2 fully saturated rings. The molecule has 234 valence electrons. The molecule has 0 spiro atoms. The van der Waals surface area contributed by atoms with Gasteiger partial charge in [0.05, 0.1) is 19.8 Å². The maximum Gasteiger partial charge on any atom is 0.225 e. The standard InChI is InChI=1S/C35H52O7/c1-6-10-19-38-31-32(39-20-11-7-2)34(24-36)25-41-35(42-34,33(31)40-21-12-8-3)29-16-13-26(5)28(23-29)22-27-14-17-30(18-15-27)37-9-4/h13-18,23,31-33,36H,6-12,19-22,24-25H2,1-5H3/t31-,32-,33?,34?,35?/m0/s1. The topological polar surface area (TPSA) is 75.6 Å². The first-order chi connectivity index (χ1) is 20.5. The van der Waals surface area contributed by atoms with E-state index in [1.54, 1.807) is 0 Å². The van der Waals surface area contributed by atoms with Gasteiger partial charge < -0.3 is 33.5 Å². The molecule has 1 N–H and O–H groups in total. The average Bonchev–Trinajstić information content (AvgIpc) is 3.36. The van der Waals surface area contributed by atoms with Crippen LogP contribution < -0.4 is 4.74 Å². The number of hydrogen-bond acceptors (Lipinski definition) is 7. The Hall–Kier alpha value is -2.00. The number of fused-ring (bicyclic) bond motifs is 2. The van der Waals surface area contributed by atoms with E-state index in [4.69, 9.17) is 28.4 Å². The Kier molecular flexibility index (Phi) is 12.3. The third-order valence-corrected chi connectivity index (χ3v) is 8.42. The zero-order valence-corrected chi connectivity index (χ0v) is 26.4. The Labute approximate surface area is 252 Å². The van der Waals surface area contributed by atoms with Crippen molar-refractivity contribution in [3.63, 3.8) is 0 Å². The van der Waals surface area contributed by atoms with Crippen LogP contribution in [0.3, 0.4) is 0 Å². The molecule has 0 radical (unpaired) electrons. The molecule has 2 bridgehead atoms. The molecule has 7 nitrogen and oxygen atoms in total. The zero-order valence-electron chi connectivity index (χ0n) is 26.4. The highest BCUT2D eigenvalue weighted by atomic mass is 16.8. The largest absolute Gasteiger partial charge is 0.494 e. The Balaban J connectivity index is 1.73. The summed E-state index contributed by atoms with van der Waals surface area (Å²) in [5, 5.41) is 10.8. The van der Waals surface area contributed by atoms with Gasteiger partial charge in [0.1, 0.15) is 29.7 Å². The van der Waals surface area contributed by atoms with Crippen molar-refractivity contribution in [2.75, 3.05) is 39.6 Å². The van der Waals surface area contributed by atoms with E-state index in [0.717, 1.165) is 56.3 Å². The number of benzene rings is 2. The van der Waals surface area contributed by atoms with Crippen LogP contribution in [0.4, 0.5) is 0 Å². The molecule has 5 atom stereocenters. The molecule has 3 unspecified atom stereocenters. The number of aryl methyl sites for hydroxylation is 1. The highest BCUT2D eigenvalue weighted by Gasteiger charge is 2.69. The summed E-state index contributed by atoms with van der Waals surface area (Å²) in [6.45, 7) is 12.9. The molecular formula is C35H52O7. The van der Waals surface area contributed by atoms with Gasteiger partial charge in [-0.15, -0.1) is 0 Å². The molecule has 0 amide bonds.